The van der Waals surface area contributed by atoms with Crippen LogP contribution in [0.4, 0.5) is 4.39 Å². The van der Waals surface area contributed by atoms with Gasteiger partial charge in [-0.1, -0.05) is 75.9 Å². The summed E-state index contributed by atoms with van der Waals surface area (Å²) in [4.78, 5) is 0. The summed E-state index contributed by atoms with van der Waals surface area (Å²) >= 11 is 0. The zero-order chi connectivity index (χ0) is 22.8. The minimum absolute atomic E-state index is 0.0462. The smallest absolute Gasteiger partial charge is 0.131 e. The summed E-state index contributed by atoms with van der Waals surface area (Å²) in [6.45, 7) is 4.78. The first-order valence-corrected chi connectivity index (χ1v) is 14.0. The van der Waals surface area contributed by atoms with Gasteiger partial charge in [0.05, 0.1) is 0 Å². The lowest BCUT2D eigenvalue weighted by Crippen LogP contribution is -2.24. The van der Waals surface area contributed by atoms with Gasteiger partial charge in [-0.05, 0) is 110 Å². The lowest BCUT2D eigenvalue weighted by molar-refractivity contribution is 0.165. The van der Waals surface area contributed by atoms with Crippen LogP contribution in [-0.4, -0.2) is 0 Å². The van der Waals surface area contributed by atoms with Gasteiger partial charge < -0.3 is 0 Å². The van der Waals surface area contributed by atoms with E-state index in [0.717, 1.165) is 34.8 Å². The second-order valence-electron chi connectivity index (χ2n) is 11.9. The average Bonchev–Trinajstić information content (AvgIpc) is 2.85. The summed E-state index contributed by atoms with van der Waals surface area (Å²) < 4.78 is 15.2. The Morgan fingerprint density at radius 1 is 0.545 bits per heavy atom. The minimum Gasteiger partial charge on any atom is -0.206 e. The number of rotatable bonds is 4. The van der Waals surface area contributed by atoms with Crippen molar-refractivity contribution in [2.24, 2.45) is 23.7 Å². The first-order valence-electron chi connectivity index (χ1n) is 14.0. The fourth-order valence-electron chi connectivity index (χ4n) is 7.23. The number of hydrogen-bond donors (Lipinski definition) is 0. The highest BCUT2D eigenvalue weighted by Gasteiger charge is 2.30. The fourth-order valence-corrected chi connectivity index (χ4v) is 7.23. The predicted octanol–water partition coefficient (Wildman–Crippen LogP) is 9.89. The molecule has 0 radical (unpaired) electrons. The van der Waals surface area contributed by atoms with E-state index in [4.69, 9.17) is 0 Å². The Morgan fingerprint density at radius 3 is 1.58 bits per heavy atom. The van der Waals surface area contributed by atoms with Gasteiger partial charge in [0.25, 0.3) is 0 Å². The van der Waals surface area contributed by atoms with Crippen molar-refractivity contribution in [2.75, 3.05) is 0 Å². The van der Waals surface area contributed by atoms with Crippen molar-refractivity contribution in [1.82, 2.24) is 0 Å². The molecule has 3 aliphatic carbocycles. The summed E-state index contributed by atoms with van der Waals surface area (Å²) in [5.41, 5.74) is 4.43. The summed E-state index contributed by atoms with van der Waals surface area (Å²) in [6.07, 6.45) is 16.2. The molecule has 1 heteroatoms. The van der Waals surface area contributed by atoms with Crippen LogP contribution < -0.4 is 0 Å². The standard InChI is InChI=1S/C32H43F/c1-22-3-7-24(8-4-22)26-11-13-28(14-12-26)30-19-20-31(32(33)21-30)29-17-15-27(16-18-29)25-9-5-23(2)6-10-25/h15-26,28H,3-14H2,1-2H3. The molecule has 0 unspecified atom stereocenters. The van der Waals surface area contributed by atoms with Gasteiger partial charge in [0, 0.05) is 5.56 Å². The molecule has 0 bridgehead atoms. The van der Waals surface area contributed by atoms with Crippen LogP contribution in [0.1, 0.15) is 114 Å². The molecule has 0 amide bonds. The zero-order valence-corrected chi connectivity index (χ0v) is 20.9. The predicted molar refractivity (Wildman–Crippen MR) is 138 cm³/mol. The van der Waals surface area contributed by atoms with Crippen molar-refractivity contribution in [2.45, 2.75) is 103 Å². The molecule has 0 heterocycles. The second-order valence-corrected chi connectivity index (χ2v) is 11.9. The molecule has 2 aromatic carbocycles. The van der Waals surface area contributed by atoms with Crippen LogP contribution >= 0.6 is 0 Å². The molecule has 33 heavy (non-hydrogen) atoms. The molecule has 5 rings (SSSR count). The van der Waals surface area contributed by atoms with Gasteiger partial charge in [-0.3, -0.25) is 0 Å². The third-order valence-corrected chi connectivity index (χ3v) is 9.67. The van der Waals surface area contributed by atoms with Crippen molar-refractivity contribution in [3.05, 3.63) is 59.4 Å². The Labute approximate surface area is 201 Å². The molecule has 0 spiro atoms. The number of halogens is 1. The van der Waals surface area contributed by atoms with Crippen molar-refractivity contribution >= 4 is 0 Å². The summed E-state index contributed by atoms with van der Waals surface area (Å²) in [7, 11) is 0. The van der Waals surface area contributed by atoms with Crippen molar-refractivity contribution in [1.29, 1.82) is 0 Å². The van der Waals surface area contributed by atoms with Crippen LogP contribution in [0.3, 0.4) is 0 Å². The van der Waals surface area contributed by atoms with Crippen molar-refractivity contribution in [3.63, 3.8) is 0 Å². The van der Waals surface area contributed by atoms with E-state index < -0.39 is 0 Å². The van der Waals surface area contributed by atoms with Crippen molar-refractivity contribution in [3.8, 4) is 11.1 Å². The van der Waals surface area contributed by atoms with Crippen LogP contribution in [-0.2, 0) is 0 Å². The van der Waals surface area contributed by atoms with E-state index in [9.17, 15) is 0 Å². The summed E-state index contributed by atoms with van der Waals surface area (Å²) in [5.74, 6) is 4.88. The molecule has 3 fully saturated rings. The number of benzene rings is 2. The van der Waals surface area contributed by atoms with Crippen molar-refractivity contribution < 1.29 is 4.39 Å². The Balaban J connectivity index is 1.20. The highest BCUT2D eigenvalue weighted by atomic mass is 19.1. The van der Waals surface area contributed by atoms with Gasteiger partial charge in [-0.2, -0.15) is 0 Å². The Morgan fingerprint density at radius 2 is 1.00 bits per heavy atom. The monoisotopic (exact) mass is 446 g/mol. The maximum atomic E-state index is 15.2. The summed E-state index contributed by atoms with van der Waals surface area (Å²) in [6, 6.07) is 14.9. The van der Waals surface area contributed by atoms with E-state index in [0.29, 0.717) is 11.8 Å². The lowest BCUT2D eigenvalue weighted by Gasteiger charge is -2.37. The maximum Gasteiger partial charge on any atom is 0.131 e. The van der Waals surface area contributed by atoms with E-state index in [2.05, 4.69) is 44.2 Å². The molecule has 3 saturated carbocycles. The van der Waals surface area contributed by atoms with E-state index in [1.807, 2.05) is 12.1 Å². The molecule has 3 aliphatic rings. The van der Waals surface area contributed by atoms with Crippen LogP contribution in [0.5, 0.6) is 0 Å². The van der Waals surface area contributed by atoms with E-state index >= 15 is 4.39 Å². The Hall–Kier alpha value is -1.63. The van der Waals surface area contributed by atoms with Gasteiger partial charge in [0.2, 0.25) is 0 Å². The topological polar surface area (TPSA) is 0 Å². The minimum atomic E-state index is -0.0462. The fraction of sp³-hybridized carbons (Fsp3) is 0.625. The molecule has 0 saturated heterocycles. The van der Waals surface area contributed by atoms with Crippen LogP contribution in [0.15, 0.2) is 42.5 Å². The highest BCUT2D eigenvalue weighted by molar-refractivity contribution is 5.65. The molecule has 0 N–H and O–H groups in total. The molecule has 2 aromatic rings. The third-order valence-electron chi connectivity index (χ3n) is 9.67. The second kappa shape index (κ2) is 10.3. The quantitative estimate of drug-likeness (QED) is 0.438. The SMILES string of the molecule is CC1CCC(c2ccc(-c3ccc(C4CCC(C5CCC(C)CC5)CC4)cc3F)cc2)CC1. The molecular formula is C32H43F. The number of hydrogen-bond acceptors (Lipinski definition) is 0. The lowest BCUT2D eigenvalue weighted by atomic mass is 9.68. The van der Waals surface area contributed by atoms with Crippen LogP contribution in [0.25, 0.3) is 11.1 Å². The average molecular weight is 447 g/mol. The largest absolute Gasteiger partial charge is 0.206 e. The van der Waals surface area contributed by atoms with E-state index in [-0.39, 0.29) is 5.82 Å². The van der Waals surface area contributed by atoms with Crippen LogP contribution in [0.2, 0.25) is 0 Å². The zero-order valence-electron chi connectivity index (χ0n) is 20.9. The molecule has 178 valence electrons. The Kier molecular flexibility index (Phi) is 7.24. The molecular weight excluding hydrogens is 403 g/mol. The molecule has 0 nitrogen and oxygen atoms in total. The Bertz CT molecular complexity index is 889. The van der Waals surface area contributed by atoms with Gasteiger partial charge in [0.1, 0.15) is 5.82 Å². The molecule has 0 aromatic heterocycles. The van der Waals surface area contributed by atoms with Gasteiger partial charge in [-0.25, -0.2) is 4.39 Å². The van der Waals surface area contributed by atoms with Gasteiger partial charge >= 0.3 is 0 Å². The molecule has 0 aliphatic heterocycles. The first kappa shape index (κ1) is 23.1. The van der Waals surface area contributed by atoms with Gasteiger partial charge in [-0.15, -0.1) is 0 Å². The third kappa shape index (κ3) is 5.39. The summed E-state index contributed by atoms with van der Waals surface area (Å²) in [5, 5.41) is 0. The van der Waals surface area contributed by atoms with Crippen LogP contribution in [0, 0.1) is 29.5 Å². The highest BCUT2D eigenvalue weighted by Crippen LogP contribution is 2.44. The van der Waals surface area contributed by atoms with Gasteiger partial charge in [0.15, 0.2) is 0 Å². The first-order chi connectivity index (χ1) is 16.1. The van der Waals surface area contributed by atoms with E-state index in [1.54, 1.807) is 0 Å². The molecule has 0 atom stereocenters. The van der Waals surface area contributed by atoms with E-state index in [1.165, 1.54) is 88.2 Å². The normalized spacial score (nSPS) is 33.1. The maximum absolute atomic E-state index is 15.2.